The van der Waals surface area contributed by atoms with Crippen LogP contribution < -0.4 is 16.0 Å². The minimum absolute atomic E-state index is 0. The molecule has 28 heavy (non-hydrogen) atoms. The molecule has 0 aliphatic carbocycles. The van der Waals surface area contributed by atoms with Crippen LogP contribution in [-0.2, 0) is 15.9 Å². The van der Waals surface area contributed by atoms with Crippen molar-refractivity contribution >= 4 is 35.8 Å². The first-order valence-corrected chi connectivity index (χ1v) is 9.75. The normalized spacial score (nSPS) is 16.4. The Morgan fingerprint density at radius 1 is 1.36 bits per heavy atom. The van der Waals surface area contributed by atoms with Crippen molar-refractivity contribution < 1.29 is 14.3 Å². The molecule has 0 saturated carbocycles. The van der Waals surface area contributed by atoms with Gasteiger partial charge in [0, 0.05) is 32.3 Å². The monoisotopic (exact) mass is 504 g/mol. The molecule has 1 fully saturated rings. The molecule has 1 atom stereocenters. The Balaban J connectivity index is 0.00000392. The molecule has 1 heterocycles. The van der Waals surface area contributed by atoms with Gasteiger partial charge in [0.15, 0.2) is 5.96 Å². The molecule has 1 aromatic rings. The van der Waals surface area contributed by atoms with Crippen LogP contribution in [0.2, 0.25) is 0 Å². The second-order valence-corrected chi connectivity index (χ2v) is 6.43. The molecule has 0 spiro atoms. The molecule has 0 aromatic heterocycles. The Morgan fingerprint density at radius 3 is 2.93 bits per heavy atom. The molecule has 1 saturated heterocycles. The summed E-state index contributed by atoms with van der Waals surface area (Å²) in [6.45, 7) is 6.28. The number of hydrogen-bond acceptors (Lipinski definition) is 4. The van der Waals surface area contributed by atoms with E-state index in [4.69, 9.17) is 9.47 Å². The van der Waals surface area contributed by atoms with Gasteiger partial charge in [0.05, 0.1) is 25.9 Å². The summed E-state index contributed by atoms with van der Waals surface area (Å²) in [6, 6.07) is 7.67. The minimum Gasteiger partial charge on any atom is -0.377 e. The molecule has 3 N–H and O–H groups in total. The van der Waals surface area contributed by atoms with Gasteiger partial charge >= 0.3 is 0 Å². The second-order valence-electron chi connectivity index (χ2n) is 6.43. The highest BCUT2D eigenvalue weighted by Gasteiger charge is 2.14. The van der Waals surface area contributed by atoms with Gasteiger partial charge in [-0.25, -0.2) is 0 Å². The fourth-order valence-electron chi connectivity index (χ4n) is 2.89. The van der Waals surface area contributed by atoms with Crippen LogP contribution in [-0.4, -0.2) is 64.5 Å². The van der Waals surface area contributed by atoms with Gasteiger partial charge in [-0.15, -0.1) is 24.0 Å². The molecule has 158 valence electrons. The van der Waals surface area contributed by atoms with Crippen LogP contribution in [0.5, 0.6) is 0 Å². The predicted octanol–water partition coefficient (Wildman–Crippen LogP) is 1.96. The molecule has 1 aliphatic heterocycles. The summed E-state index contributed by atoms with van der Waals surface area (Å²) in [6.07, 6.45) is 3.29. The van der Waals surface area contributed by atoms with Crippen molar-refractivity contribution in [3.63, 3.8) is 0 Å². The number of carbonyl (C=O) groups excluding carboxylic acids is 1. The maximum absolute atomic E-state index is 11.7. The van der Waals surface area contributed by atoms with Crippen LogP contribution >= 0.6 is 24.0 Å². The van der Waals surface area contributed by atoms with Crippen LogP contribution in [0.3, 0.4) is 0 Å². The van der Waals surface area contributed by atoms with E-state index in [9.17, 15) is 4.79 Å². The van der Waals surface area contributed by atoms with Crippen molar-refractivity contribution in [2.24, 2.45) is 4.99 Å². The van der Waals surface area contributed by atoms with E-state index in [2.05, 4.69) is 20.9 Å². The molecule has 1 aromatic carbocycles. The number of guanidine groups is 1. The van der Waals surface area contributed by atoms with E-state index in [1.807, 2.05) is 31.2 Å². The number of aliphatic imine (C=N–C) groups is 1. The molecular formula is C20H33IN4O3. The maximum Gasteiger partial charge on any atom is 0.251 e. The van der Waals surface area contributed by atoms with E-state index < -0.39 is 0 Å². The standard InChI is InChI=1S/C20H32N4O3.HI/c1-3-22-20(24-11-13-26-15-18-8-5-12-27-18)23-10-9-16-6-4-7-17(14-16)19(25)21-2;/h4,6-7,14,18H,3,5,8-13,15H2,1-2H3,(H,21,25)(H2,22,23,24);1H. The van der Waals surface area contributed by atoms with Gasteiger partial charge < -0.3 is 25.4 Å². The van der Waals surface area contributed by atoms with Crippen molar-refractivity contribution in [2.45, 2.75) is 32.3 Å². The Hall–Kier alpha value is -1.39. The average Bonchev–Trinajstić information content (AvgIpc) is 3.21. The van der Waals surface area contributed by atoms with Crippen LogP contribution in [0.15, 0.2) is 29.3 Å². The SMILES string of the molecule is CCNC(=NCCOCC1CCCO1)NCCc1cccc(C(=O)NC)c1.I. The summed E-state index contributed by atoms with van der Waals surface area (Å²) in [4.78, 5) is 16.2. The van der Waals surface area contributed by atoms with Crippen LogP contribution in [0.4, 0.5) is 0 Å². The van der Waals surface area contributed by atoms with Crippen LogP contribution in [0, 0.1) is 0 Å². The number of amides is 1. The van der Waals surface area contributed by atoms with Crippen molar-refractivity contribution in [1.29, 1.82) is 0 Å². The van der Waals surface area contributed by atoms with Crippen LogP contribution in [0.1, 0.15) is 35.7 Å². The Bertz CT molecular complexity index is 607. The Labute approximate surface area is 185 Å². The number of benzene rings is 1. The van der Waals surface area contributed by atoms with Crippen LogP contribution in [0.25, 0.3) is 0 Å². The van der Waals surface area contributed by atoms with E-state index in [0.29, 0.717) is 25.3 Å². The fourth-order valence-corrected chi connectivity index (χ4v) is 2.89. The summed E-state index contributed by atoms with van der Waals surface area (Å²) in [5.74, 6) is 0.711. The molecule has 1 unspecified atom stereocenters. The smallest absolute Gasteiger partial charge is 0.251 e. The zero-order valence-electron chi connectivity index (χ0n) is 16.8. The average molecular weight is 504 g/mol. The number of halogens is 1. The maximum atomic E-state index is 11.7. The van der Waals surface area contributed by atoms with E-state index in [-0.39, 0.29) is 36.0 Å². The van der Waals surface area contributed by atoms with Crippen molar-refractivity contribution in [3.8, 4) is 0 Å². The minimum atomic E-state index is -0.0669. The highest BCUT2D eigenvalue weighted by atomic mass is 127. The number of ether oxygens (including phenoxy) is 2. The molecular weight excluding hydrogens is 471 g/mol. The van der Waals surface area contributed by atoms with Gasteiger partial charge in [-0.2, -0.15) is 0 Å². The van der Waals surface area contributed by atoms with E-state index in [1.165, 1.54) is 0 Å². The van der Waals surface area contributed by atoms with Gasteiger partial charge in [0.25, 0.3) is 5.91 Å². The number of rotatable bonds is 10. The molecule has 0 radical (unpaired) electrons. The quantitative estimate of drug-likeness (QED) is 0.197. The van der Waals surface area contributed by atoms with Gasteiger partial charge in [-0.05, 0) is 43.9 Å². The highest BCUT2D eigenvalue weighted by molar-refractivity contribution is 14.0. The van der Waals surface area contributed by atoms with E-state index in [1.54, 1.807) is 7.05 Å². The molecule has 0 bridgehead atoms. The summed E-state index contributed by atoms with van der Waals surface area (Å²) in [7, 11) is 1.64. The molecule has 7 nitrogen and oxygen atoms in total. The summed E-state index contributed by atoms with van der Waals surface area (Å²) < 4.78 is 11.2. The molecule has 8 heteroatoms. The number of nitrogens with zero attached hydrogens (tertiary/aromatic N) is 1. The molecule has 1 aliphatic rings. The predicted molar refractivity (Wildman–Crippen MR) is 123 cm³/mol. The molecule has 1 amide bonds. The van der Waals surface area contributed by atoms with Gasteiger partial charge in [-0.3, -0.25) is 9.79 Å². The van der Waals surface area contributed by atoms with Gasteiger partial charge in [-0.1, -0.05) is 12.1 Å². The summed E-state index contributed by atoms with van der Waals surface area (Å²) in [5, 5.41) is 9.20. The first-order chi connectivity index (χ1) is 13.2. The topological polar surface area (TPSA) is 84.0 Å². The van der Waals surface area contributed by atoms with Crippen molar-refractivity contribution in [3.05, 3.63) is 35.4 Å². The van der Waals surface area contributed by atoms with Crippen molar-refractivity contribution in [1.82, 2.24) is 16.0 Å². The third kappa shape index (κ3) is 9.20. The van der Waals surface area contributed by atoms with E-state index in [0.717, 1.165) is 50.5 Å². The lowest BCUT2D eigenvalue weighted by molar-refractivity contribution is 0.0200. The lowest BCUT2D eigenvalue weighted by Crippen LogP contribution is -2.38. The summed E-state index contributed by atoms with van der Waals surface area (Å²) >= 11 is 0. The lowest BCUT2D eigenvalue weighted by Gasteiger charge is -2.12. The number of carbonyl (C=O) groups is 1. The second kappa shape index (κ2) is 14.6. The number of hydrogen-bond donors (Lipinski definition) is 3. The Morgan fingerprint density at radius 2 is 2.21 bits per heavy atom. The third-order valence-corrected chi connectivity index (χ3v) is 4.30. The highest BCUT2D eigenvalue weighted by Crippen LogP contribution is 2.11. The zero-order valence-corrected chi connectivity index (χ0v) is 19.2. The summed E-state index contributed by atoms with van der Waals surface area (Å²) in [5.41, 5.74) is 1.79. The fraction of sp³-hybridized carbons (Fsp3) is 0.600. The molecule has 2 rings (SSSR count). The number of nitrogens with one attached hydrogen (secondary N) is 3. The first-order valence-electron chi connectivity index (χ1n) is 9.75. The van der Waals surface area contributed by atoms with Crippen molar-refractivity contribution in [2.75, 3.05) is 46.5 Å². The van der Waals surface area contributed by atoms with Gasteiger partial charge in [0.2, 0.25) is 0 Å². The van der Waals surface area contributed by atoms with E-state index >= 15 is 0 Å². The first kappa shape index (κ1) is 24.6. The van der Waals surface area contributed by atoms with Gasteiger partial charge in [0.1, 0.15) is 0 Å². The Kier molecular flexibility index (Phi) is 12.8. The third-order valence-electron chi connectivity index (χ3n) is 4.30. The largest absolute Gasteiger partial charge is 0.377 e. The zero-order chi connectivity index (χ0) is 19.3. The lowest BCUT2D eigenvalue weighted by atomic mass is 10.1.